The molecule has 0 saturated carbocycles. The summed E-state index contributed by atoms with van der Waals surface area (Å²) in [7, 11) is 1.67. The van der Waals surface area contributed by atoms with E-state index in [1.54, 1.807) is 17.8 Å². The van der Waals surface area contributed by atoms with Gasteiger partial charge in [0, 0.05) is 19.5 Å². The van der Waals surface area contributed by atoms with Crippen LogP contribution in [0, 0.1) is 0 Å². The van der Waals surface area contributed by atoms with E-state index in [9.17, 15) is 9.59 Å². The molecule has 0 saturated heterocycles. The number of aryl methyl sites for hydroxylation is 1. The van der Waals surface area contributed by atoms with Gasteiger partial charge in [-0.25, -0.2) is 9.67 Å². The van der Waals surface area contributed by atoms with Gasteiger partial charge < -0.3 is 15.0 Å². The van der Waals surface area contributed by atoms with Crippen LogP contribution in [0.15, 0.2) is 54.6 Å². The van der Waals surface area contributed by atoms with Crippen LogP contribution < -0.4 is 15.0 Å². The smallest absolute Gasteiger partial charge is 0.291 e. The second-order valence-electron chi connectivity index (χ2n) is 7.47. The number of aromatic nitrogens is 3. The lowest BCUT2D eigenvalue weighted by atomic mass is 9.97. The highest BCUT2D eigenvalue weighted by Gasteiger charge is 2.33. The fourth-order valence-corrected chi connectivity index (χ4v) is 4.03. The largest absolute Gasteiger partial charge is 0.489 e. The number of ether oxygens (including phenoxy) is 1. The van der Waals surface area contributed by atoms with Gasteiger partial charge in [-0.2, -0.15) is 0 Å². The van der Waals surface area contributed by atoms with Gasteiger partial charge in [-0.05, 0) is 24.1 Å². The monoisotopic (exact) mass is 403 g/mol. The van der Waals surface area contributed by atoms with Crippen LogP contribution in [-0.2, 0) is 11.3 Å². The maximum absolute atomic E-state index is 12.8. The van der Waals surface area contributed by atoms with Gasteiger partial charge in [0.25, 0.3) is 11.8 Å². The van der Waals surface area contributed by atoms with E-state index in [1.807, 2.05) is 36.4 Å². The zero-order valence-electron chi connectivity index (χ0n) is 16.5. The second-order valence-corrected chi connectivity index (χ2v) is 7.47. The van der Waals surface area contributed by atoms with Crippen molar-refractivity contribution >= 4 is 17.5 Å². The van der Waals surface area contributed by atoms with Crippen molar-refractivity contribution in [2.45, 2.75) is 24.9 Å². The zero-order valence-corrected chi connectivity index (χ0v) is 16.5. The predicted octanol–water partition coefficient (Wildman–Crippen LogP) is 1.97. The van der Waals surface area contributed by atoms with Crippen molar-refractivity contribution in [1.29, 1.82) is 0 Å². The molecule has 2 aromatic carbocycles. The van der Waals surface area contributed by atoms with E-state index in [0.717, 1.165) is 17.8 Å². The lowest BCUT2D eigenvalue weighted by molar-refractivity contribution is -0.120. The predicted molar refractivity (Wildman–Crippen MR) is 110 cm³/mol. The van der Waals surface area contributed by atoms with Crippen LogP contribution in [-0.4, -0.2) is 46.3 Å². The summed E-state index contributed by atoms with van der Waals surface area (Å²) in [6, 6.07) is 16.6. The number of para-hydroxylation sites is 2. The normalized spacial score (nSPS) is 20.2. The molecular weight excluding hydrogens is 382 g/mol. The molecule has 1 N–H and O–H groups in total. The number of nitrogens with one attached hydrogen (secondary N) is 1. The maximum Gasteiger partial charge on any atom is 0.291 e. The lowest BCUT2D eigenvalue weighted by Crippen LogP contribution is -2.49. The van der Waals surface area contributed by atoms with Crippen LogP contribution in [0.4, 0.5) is 5.69 Å². The summed E-state index contributed by atoms with van der Waals surface area (Å²) in [4.78, 5) is 31.7. The molecule has 8 nitrogen and oxygen atoms in total. The number of carbonyl (C=O) groups excluding carboxylic acids is 2. The Morgan fingerprint density at radius 2 is 1.90 bits per heavy atom. The molecule has 0 radical (unpaired) electrons. The average molecular weight is 403 g/mol. The van der Waals surface area contributed by atoms with Crippen molar-refractivity contribution < 1.29 is 14.3 Å². The molecule has 2 aliphatic rings. The van der Waals surface area contributed by atoms with E-state index in [-0.39, 0.29) is 24.3 Å². The van der Waals surface area contributed by atoms with Crippen LogP contribution in [0.5, 0.6) is 5.75 Å². The summed E-state index contributed by atoms with van der Waals surface area (Å²) in [6.45, 7) is 0.755. The molecule has 0 bridgehead atoms. The van der Waals surface area contributed by atoms with Gasteiger partial charge in [-0.3, -0.25) is 9.59 Å². The second kappa shape index (κ2) is 7.29. The highest BCUT2D eigenvalue weighted by molar-refractivity contribution is 6.02. The number of hydrogen-bond donors (Lipinski definition) is 1. The standard InChI is InChI=1S/C22H21N5O3/c1-26-17-9-5-6-10-18(17)30-13-16(22(26)29)23-21(28)19-24-20-15(11-12-27(20)25-19)14-7-3-2-4-8-14/h2-10,15-16H,11-13H2,1H3,(H,23,28)/t15-,16-/m0/s1. The number of hydrogen-bond acceptors (Lipinski definition) is 5. The lowest BCUT2D eigenvalue weighted by Gasteiger charge is -2.19. The minimum Gasteiger partial charge on any atom is -0.489 e. The fourth-order valence-electron chi connectivity index (χ4n) is 4.03. The molecule has 30 heavy (non-hydrogen) atoms. The van der Waals surface area contributed by atoms with Crippen molar-refractivity contribution in [3.63, 3.8) is 0 Å². The van der Waals surface area contributed by atoms with Crippen molar-refractivity contribution in [3.05, 3.63) is 71.8 Å². The first-order valence-electron chi connectivity index (χ1n) is 9.92. The maximum atomic E-state index is 12.8. The van der Waals surface area contributed by atoms with Crippen molar-refractivity contribution in [3.8, 4) is 5.75 Å². The third-order valence-electron chi connectivity index (χ3n) is 5.61. The van der Waals surface area contributed by atoms with E-state index < -0.39 is 11.9 Å². The SMILES string of the molecule is CN1C(=O)[C@@H](NC(=O)c2nc3n(n2)CC[C@H]3c2ccccc2)COc2ccccc21. The molecule has 3 heterocycles. The van der Waals surface area contributed by atoms with E-state index in [4.69, 9.17) is 4.74 Å². The summed E-state index contributed by atoms with van der Waals surface area (Å²) >= 11 is 0. The summed E-state index contributed by atoms with van der Waals surface area (Å²) in [5, 5.41) is 7.11. The van der Waals surface area contributed by atoms with Crippen LogP contribution >= 0.6 is 0 Å². The third kappa shape index (κ3) is 3.10. The number of fused-ring (bicyclic) bond motifs is 2. The topological polar surface area (TPSA) is 89.4 Å². The Bertz CT molecular complexity index is 1110. The summed E-state index contributed by atoms with van der Waals surface area (Å²) in [5.74, 6) is 0.841. The van der Waals surface area contributed by atoms with E-state index >= 15 is 0 Å². The highest BCUT2D eigenvalue weighted by atomic mass is 16.5. The molecule has 0 aliphatic carbocycles. The van der Waals surface area contributed by atoms with Gasteiger partial charge in [0.1, 0.15) is 24.2 Å². The molecule has 152 valence electrons. The van der Waals surface area contributed by atoms with Crippen molar-refractivity contribution in [1.82, 2.24) is 20.1 Å². The van der Waals surface area contributed by atoms with Gasteiger partial charge in [-0.15, -0.1) is 5.10 Å². The number of benzene rings is 2. The minimum atomic E-state index is -0.821. The van der Waals surface area contributed by atoms with Gasteiger partial charge in [-0.1, -0.05) is 42.5 Å². The first-order chi connectivity index (χ1) is 14.6. The summed E-state index contributed by atoms with van der Waals surface area (Å²) in [6.07, 6.45) is 0.902. The Hall–Kier alpha value is -3.68. The first kappa shape index (κ1) is 18.4. The minimum absolute atomic E-state index is 0.0478. The van der Waals surface area contributed by atoms with Crippen LogP contribution in [0.25, 0.3) is 0 Å². The van der Waals surface area contributed by atoms with E-state index in [1.165, 1.54) is 4.90 Å². The third-order valence-corrected chi connectivity index (χ3v) is 5.61. The highest BCUT2D eigenvalue weighted by Crippen LogP contribution is 2.32. The first-order valence-corrected chi connectivity index (χ1v) is 9.92. The molecule has 2 aliphatic heterocycles. The molecule has 2 atom stereocenters. The molecular formula is C22H21N5O3. The Balaban J connectivity index is 1.34. The Morgan fingerprint density at radius 1 is 1.13 bits per heavy atom. The molecule has 8 heteroatoms. The van der Waals surface area contributed by atoms with Crippen LogP contribution in [0.2, 0.25) is 0 Å². The number of carbonyl (C=O) groups is 2. The molecule has 0 unspecified atom stereocenters. The zero-order chi connectivity index (χ0) is 20.7. The number of nitrogens with zero attached hydrogens (tertiary/aromatic N) is 4. The van der Waals surface area contributed by atoms with Gasteiger partial charge >= 0.3 is 0 Å². The molecule has 0 spiro atoms. The quantitative estimate of drug-likeness (QED) is 0.722. The number of likely N-dealkylation sites (N-methyl/N-ethyl adjacent to an activating group) is 1. The summed E-state index contributed by atoms with van der Waals surface area (Å²) in [5.41, 5.74) is 1.83. The summed E-state index contributed by atoms with van der Waals surface area (Å²) < 4.78 is 7.53. The average Bonchev–Trinajstić information content (AvgIpc) is 3.34. The number of amides is 2. The number of anilines is 1. The van der Waals surface area contributed by atoms with Gasteiger partial charge in [0.2, 0.25) is 5.82 Å². The van der Waals surface area contributed by atoms with E-state index in [2.05, 4.69) is 27.5 Å². The van der Waals surface area contributed by atoms with Gasteiger partial charge in [0.15, 0.2) is 0 Å². The fraction of sp³-hybridized carbons (Fsp3) is 0.273. The van der Waals surface area contributed by atoms with Crippen molar-refractivity contribution in [2.75, 3.05) is 18.6 Å². The molecule has 1 aromatic heterocycles. The molecule has 3 aromatic rings. The van der Waals surface area contributed by atoms with Crippen molar-refractivity contribution in [2.24, 2.45) is 0 Å². The molecule has 2 amide bonds. The molecule has 5 rings (SSSR count). The Kier molecular flexibility index (Phi) is 4.46. The number of rotatable bonds is 3. The van der Waals surface area contributed by atoms with Gasteiger partial charge in [0.05, 0.1) is 5.69 Å². The van der Waals surface area contributed by atoms with E-state index in [0.29, 0.717) is 18.0 Å². The Morgan fingerprint density at radius 3 is 2.73 bits per heavy atom. The van der Waals surface area contributed by atoms with Crippen LogP contribution in [0.3, 0.4) is 0 Å². The van der Waals surface area contributed by atoms with Crippen LogP contribution in [0.1, 0.15) is 34.3 Å². The Labute approximate surface area is 173 Å². The molecule has 0 fully saturated rings.